The predicted molar refractivity (Wildman–Crippen MR) is 171 cm³/mol. The number of allylic oxidation sites excluding steroid dienone is 2. The Kier molecular flexibility index (Phi) is 7.88. The maximum atomic E-state index is 13.7. The lowest BCUT2D eigenvalue weighted by Gasteiger charge is -2.36. The quantitative estimate of drug-likeness (QED) is 0.0838. The van der Waals surface area contributed by atoms with Crippen molar-refractivity contribution >= 4 is 34.4 Å². The number of benzene rings is 4. The molecule has 0 N–H and O–H groups in total. The number of imide groups is 1. The molecule has 12 heteroatoms. The van der Waals surface area contributed by atoms with Crippen LogP contribution >= 0.6 is 0 Å². The van der Waals surface area contributed by atoms with E-state index in [1.807, 2.05) is 0 Å². The smallest absolute Gasteiger partial charge is 0.416 e. The van der Waals surface area contributed by atoms with Crippen LogP contribution in [-0.2, 0) is 12.4 Å². The largest absolute Gasteiger partial charge is 0.494 e. The fourth-order valence-corrected chi connectivity index (χ4v) is 6.93. The Bertz CT molecular complexity index is 2100. The lowest BCUT2D eigenvalue weighted by molar-refractivity contribution is -0.143. The van der Waals surface area contributed by atoms with Gasteiger partial charge in [0, 0.05) is 39.9 Å². The van der Waals surface area contributed by atoms with Gasteiger partial charge in [0.25, 0.3) is 11.8 Å². The molecule has 0 radical (unpaired) electrons. The summed E-state index contributed by atoms with van der Waals surface area (Å²) in [5, 5.41) is 0.867. The van der Waals surface area contributed by atoms with Crippen LogP contribution in [-0.4, -0.2) is 42.3 Å². The molecule has 2 aliphatic heterocycles. The van der Waals surface area contributed by atoms with Crippen LogP contribution in [0.4, 0.5) is 26.3 Å². The van der Waals surface area contributed by atoms with Gasteiger partial charge in [-0.3, -0.25) is 19.3 Å². The van der Waals surface area contributed by atoms with Gasteiger partial charge in [0.05, 0.1) is 17.7 Å². The van der Waals surface area contributed by atoms with Gasteiger partial charge in [0.2, 0.25) is 0 Å². The van der Waals surface area contributed by atoms with Crippen LogP contribution in [0.25, 0.3) is 16.3 Å². The van der Waals surface area contributed by atoms with Crippen LogP contribution < -0.4 is 9.47 Å². The fraction of sp³-hybridized carbons (Fsp3) is 0.237. The van der Waals surface area contributed by atoms with E-state index in [9.17, 15) is 40.7 Å². The maximum Gasteiger partial charge on any atom is 0.416 e. The Balaban J connectivity index is 1.18. The highest BCUT2D eigenvalue weighted by Gasteiger charge is 2.40. The molecule has 0 aromatic heterocycles. The molecule has 0 spiro atoms. The number of halogens is 6. The summed E-state index contributed by atoms with van der Waals surface area (Å²) in [6, 6.07) is 11.4. The number of amides is 2. The minimum absolute atomic E-state index is 0.0709. The summed E-state index contributed by atoms with van der Waals surface area (Å²) in [6.07, 6.45) is -4.95. The Morgan fingerprint density at radius 2 is 1.46 bits per heavy atom. The molecule has 50 heavy (non-hydrogen) atoms. The number of carbonyl (C=O) groups excluding carboxylic acids is 3. The normalized spacial score (nSPS) is 18.2. The molecule has 0 bridgehead atoms. The second kappa shape index (κ2) is 11.9. The van der Waals surface area contributed by atoms with Crippen molar-refractivity contribution < 1.29 is 50.2 Å². The summed E-state index contributed by atoms with van der Waals surface area (Å²) in [7, 11) is 0. The number of aryl methyl sites for hydroxylation is 2. The zero-order chi connectivity index (χ0) is 35.7. The minimum Gasteiger partial charge on any atom is -0.494 e. The number of rotatable bonds is 7. The molecule has 2 heterocycles. The van der Waals surface area contributed by atoms with Gasteiger partial charge in [0.1, 0.15) is 17.6 Å². The zero-order valence-electron chi connectivity index (χ0n) is 26.5. The zero-order valence-corrected chi connectivity index (χ0v) is 26.5. The first-order valence-electron chi connectivity index (χ1n) is 15.7. The minimum atomic E-state index is -5.00. The predicted octanol–water partition coefficient (Wildman–Crippen LogP) is 8.87. The molecule has 0 fully saturated rings. The molecule has 2 amide bonds. The first-order valence-corrected chi connectivity index (χ1v) is 15.7. The van der Waals surface area contributed by atoms with Crippen molar-refractivity contribution in [3.05, 3.63) is 123 Å². The van der Waals surface area contributed by atoms with Gasteiger partial charge < -0.3 is 9.47 Å². The number of ether oxygens (including phenoxy) is 2. The van der Waals surface area contributed by atoms with E-state index in [4.69, 9.17) is 9.47 Å². The molecule has 4 aromatic carbocycles. The molecule has 4 aromatic rings. The van der Waals surface area contributed by atoms with E-state index < -0.39 is 47.3 Å². The highest BCUT2D eigenvalue weighted by Crippen LogP contribution is 2.48. The number of aldehydes is 1. The Morgan fingerprint density at radius 3 is 2.06 bits per heavy atom. The van der Waals surface area contributed by atoms with Crippen LogP contribution in [0.2, 0.25) is 0 Å². The van der Waals surface area contributed by atoms with Gasteiger partial charge >= 0.3 is 12.4 Å². The van der Waals surface area contributed by atoms with Crippen LogP contribution in [0.5, 0.6) is 11.5 Å². The fourth-order valence-electron chi connectivity index (χ4n) is 6.93. The van der Waals surface area contributed by atoms with E-state index in [0.29, 0.717) is 52.0 Å². The third-order valence-corrected chi connectivity index (χ3v) is 9.31. The number of nitrogens with zero attached hydrogens (tertiary/aromatic N) is 1. The van der Waals surface area contributed by atoms with Crippen LogP contribution in [0, 0.1) is 13.8 Å². The van der Waals surface area contributed by atoms with Gasteiger partial charge in [-0.1, -0.05) is 18.2 Å². The highest BCUT2D eigenvalue weighted by molar-refractivity contribution is 6.26. The first-order chi connectivity index (χ1) is 23.7. The summed E-state index contributed by atoms with van der Waals surface area (Å²) in [5.74, 6) is -0.703. The standard InChI is InChI=1S/C38H27F6NO5/c1-19-12-25(13-20(2)30(19)18-46)49-11-3-10-45-35(47)27-6-5-26-29-16-21(22-14-23(37(39,40)41)17-24(15-22)38(42,43)44)4-8-31(29)50-32-9-7-28(36(45)48)33(27)34(26)32/h4-9,12-18,29,31H,3,10-11H2,1-2H3. The second-order valence-electron chi connectivity index (χ2n) is 12.5. The van der Waals surface area contributed by atoms with E-state index in [1.165, 1.54) is 6.08 Å². The summed E-state index contributed by atoms with van der Waals surface area (Å²) >= 11 is 0. The molecule has 2 unspecified atom stereocenters. The lowest BCUT2D eigenvalue weighted by atomic mass is 9.79. The van der Waals surface area contributed by atoms with Crippen molar-refractivity contribution in [1.29, 1.82) is 0 Å². The van der Waals surface area contributed by atoms with E-state index >= 15 is 0 Å². The summed E-state index contributed by atoms with van der Waals surface area (Å²) in [5.41, 5.74) is 0.316. The first kappa shape index (κ1) is 33.1. The summed E-state index contributed by atoms with van der Waals surface area (Å²) < 4.78 is 93.7. The number of fused-ring (bicyclic) bond motifs is 2. The van der Waals surface area contributed by atoms with Crippen molar-refractivity contribution in [3.63, 3.8) is 0 Å². The van der Waals surface area contributed by atoms with Crippen molar-refractivity contribution in [2.45, 2.75) is 44.6 Å². The van der Waals surface area contributed by atoms with Gasteiger partial charge in [-0.15, -0.1) is 0 Å². The molecule has 0 saturated heterocycles. The van der Waals surface area contributed by atoms with E-state index in [1.54, 1.807) is 62.4 Å². The van der Waals surface area contributed by atoms with Crippen molar-refractivity contribution in [1.82, 2.24) is 4.90 Å². The molecule has 6 nitrogen and oxygen atoms in total. The average molecular weight is 692 g/mol. The maximum absolute atomic E-state index is 13.7. The average Bonchev–Trinajstić information content (AvgIpc) is 3.06. The molecule has 2 atom stereocenters. The third-order valence-electron chi connectivity index (χ3n) is 9.31. The number of alkyl halides is 6. The topological polar surface area (TPSA) is 72.9 Å². The third kappa shape index (κ3) is 5.62. The highest BCUT2D eigenvalue weighted by atomic mass is 19.4. The van der Waals surface area contributed by atoms with E-state index in [-0.39, 0.29) is 41.5 Å². The molecule has 1 aliphatic carbocycles. The van der Waals surface area contributed by atoms with E-state index in [2.05, 4.69) is 0 Å². The number of hydrogen-bond donors (Lipinski definition) is 0. The lowest BCUT2D eigenvalue weighted by Crippen LogP contribution is -2.41. The van der Waals surface area contributed by atoms with Crippen molar-refractivity contribution in [3.8, 4) is 11.5 Å². The monoisotopic (exact) mass is 691 g/mol. The molecule has 0 saturated carbocycles. The number of hydrogen-bond acceptors (Lipinski definition) is 5. The van der Waals surface area contributed by atoms with Crippen molar-refractivity contribution in [2.75, 3.05) is 13.2 Å². The summed E-state index contributed by atoms with van der Waals surface area (Å²) in [4.78, 5) is 39.8. The molecule has 7 rings (SSSR count). The molecular weight excluding hydrogens is 664 g/mol. The Hall–Kier alpha value is -5.39. The van der Waals surface area contributed by atoms with Crippen LogP contribution in [0.15, 0.2) is 72.8 Å². The molecule has 3 aliphatic rings. The van der Waals surface area contributed by atoms with Crippen LogP contribution in [0.1, 0.15) is 76.8 Å². The number of carbonyl (C=O) groups is 3. The van der Waals surface area contributed by atoms with Gasteiger partial charge in [-0.2, -0.15) is 26.3 Å². The van der Waals surface area contributed by atoms with Crippen molar-refractivity contribution in [2.24, 2.45) is 0 Å². The Morgan fingerprint density at radius 1 is 0.840 bits per heavy atom. The van der Waals surface area contributed by atoms with Gasteiger partial charge in [-0.05, 0) is 103 Å². The van der Waals surface area contributed by atoms with Crippen LogP contribution in [0.3, 0.4) is 0 Å². The van der Waals surface area contributed by atoms with E-state index in [0.717, 1.165) is 22.3 Å². The SMILES string of the molecule is Cc1cc(OCCCN2C(=O)c3ccc4c5c(ccc(c35)C2=O)C2C=C(c3cc(C(F)(F)F)cc(C(F)(F)F)c3)C=CC2O4)cc(C)c1C=O. The Labute approximate surface area is 281 Å². The molecular formula is C38H27F6NO5. The van der Waals surface area contributed by atoms with Gasteiger partial charge in [-0.25, -0.2) is 0 Å². The van der Waals surface area contributed by atoms with Gasteiger partial charge in [0.15, 0.2) is 6.29 Å². The molecule has 256 valence electrons. The summed E-state index contributed by atoms with van der Waals surface area (Å²) in [6.45, 7) is 3.88. The second-order valence-corrected chi connectivity index (χ2v) is 12.5.